The number of rotatable bonds is 5. The van der Waals surface area contributed by atoms with Gasteiger partial charge in [0.2, 0.25) is 0 Å². The lowest BCUT2D eigenvalue weighted by Gasteiger charge is -2.11. The molecule has 1 aliphatic rings. The second-order valence-corrected chi connectivity index (χ2v) is 5.87. The molecule has 1 aromatic carbocycles. The number of benzene rings is 1. The minimum atomic E-state index is -0.353. The molecule has 0 spiro atoms. The number of carbonyl (C=O) groups is 1. The molecule has 0 bridgehead atoms. The molecule has 7 heteroatoms. The molecule has 3 rings (SSSR count). The maximum Gasteiger partial charge on any atom is 0.258 e. The number of nitrogens with zero attached hydrogens (tertiary/aromatic N) is 2. The van der Waals surface area contributed by atoms with Gasteiger partial charge in [0.05, 0.1) is 18.5 Å². The van der Waals surface area contributed by atoms with E-state index in [-0.39, 0.29) is 18.0 Å². The van der Waals surface area contributed by atoms with Crippen molar-refractivity contribution in [2.24, 2.45) is 5.10 Å². The van der Waals surface area contributed by atoms with Crippen LogP contribution in [0.1, 0.15) is 23.8 Å². The third-order valence-electron chi connectivity index (χ3n) is 3.90. The summed E-state index contributed by atoms with van der Waals surface area (Å²) >= 11 is 0. The highest BCUT2D eigenvalue weighted by Crippen LogP contribution is 2.22. The van der Waals surface area contributed by atoms with E-state index in [1.807, 2.05) is 55.4 Å². The largest absolute Gasteiger partial charge is 0.468 e. The number of nitrogens with one attached hydrogen (secondary N) is 3. The van der Waals surface area contributed by atoms with E-state index in [1.165, 1.54) is 0 Å². The number of anilines is 1. The minimum absolute atomic E-state index is 0.0155. The van der Waals surface area contributed by atoms with Gasteiger partial charge in [0.15, 0.2) is 0 Å². The lowest BCUT2D eigenvalue weighted by molar-refractivity contribution is -0.122. The summed E-state index contributed by atoms with van der Waals surface area (Å²) < 4.78 is 5.34. The number of hydrazine groups is 1. The second-order valence-electron chi connectivity index (χ2n) is 5.87. The molecular weight excluding hydrogens is 306 g/mol. The molecule has 1 fully saturated rings. The SMILES string of the molecule is CN(C)c1ccc(/C=N/NC(=O)C2CC(c3ccco3)NN2)cc1. The van der Waals surface area contributed by atoms with Gasteiger partial charge < -0.3 is 9.32 Å². The van der Waals surface area contributed by atoms with Gasteiger partial charge in [-0.05, 0) is 36.2 Å². The number of hydrogen-bond donors (Lipinski definition) is 3. The summed E-state index contributed by atoms with van der Waals surface area (Å²) in [6, 6.07) is 11.2. The molecule has 0 radical (unpaired) electrons. The van der Waals surface area contributed by atoms with Crippen LogP contribution in [0.3, 0.4) is 0 Å². The molecule has 2 heterocycles. The van der Waals surface area contributed by atoms with Crippen LogP contribution in [0.2, 0.25) is 0 Å². The van der Waals surface area contributed by atoms with Gasteiger partial charge in [0, 0.05) is 19.8 Å². The van der Waals surface area contributed by atoms with Gasteiger partial charge in [-0.25, -0.2) is 16.3 Å². The van der Waals surface area contributed by atoms with Crippen LogP contribution in [0.4, 0.5) is 5.69 Å². The van der Waals surface area contributed by atoms with Gasteiger partial charge in [0.1, 0.15) is 11.8 Å². The molecule has 2 aromatic rings. The summed E-state index contributed by atoms with van der Waals surface area (Å²) in [7, 11) is 3.98. The maximum absolute atomic E-state index is 12.1. The van der Waals surface area contributed by atoms with E-state index < -0.39 is 0 Å². The third kappa shape index (κ3) is 3.81. The smallest absolute Gasteiger partial charge is 0.258 e. The van der Waals surface area contributed by atoms with Crippen molar-refractivity contribution >= 4 is 17.8 Å². The number of hydrogen-bond acceptors (Lipinski definition) is 6. The first-order chi connectivity index (χ1) is 11.6. The fourth-order valence-electron chi connectivity index (χ4n) is 2.51. The van der Waals surface area contributed by atoms with Gasteiger partial charge in [-0.1, -0.05) is 12.1 Å². The summed E-state index contributed by atoms with van der Waals surface area (Å²) in [5.74, 6) is 0.625. The highest BCUT2D eigenvalue weighted by Gasteiger charge is 2.31. The van der Waals surface area contributed by atoms with Crippen molar-refractivity contribution in [1.82, 2.24) is 16.3 Å². The molecule has 2 unspecified atom stereocenters. The van der Waals surface area contributed by atoms with Crippen LogP contribution < -0.4 is 21.2 Å². The number of amides is 1. The minimum Gasteiger partial charge on any atom is -0.468 e. The van der Waals surface area contributed by atoms with E-state index in [2.05, 4.69) is 21.4 Å². The first kappa shape index (κ1) is 16.2. The van der Waals surface area contributed by atoms with Crippen LogP contribution in [-0.2, 0) is 4.79 Å². The van der Waals surface area contributed by atoms with Crippen molar-refractivity contribution in [2.45, 2.75) is 18.5 Å². The van der Waals surface area contributed by atoms with Crippen LogP contribution in [0.15, 0.2) is 52.2 Å². The van der Waals surface area contributed by atoms with Gasteiger partial charge >= 0.3 is 0 Å². The lowest BCUT2D eigenvalue weighted by atomic mass is 10.1. The summed E-state index contributed by atoms with van der Waals surface area (Å²) in [5.41, 5.74) is 10.6. The Kier molecular flexibility index (Phi) is 4.93. The molecule has 1 aromatic heterocycles. The highest BCUT2D eigenvalue weighted by atomic mass is 16.3. The molecule has 0 aliphatic carbocycles. The predicted octanol–water partition coefficient (Wildman–Crippen LogP) is 1.40. The molecule has 2 atom stereocenters. The quantitative estimate of drug-likeness (QED) is 0.571. The molecular formula is C17H21N5O2. The average Bonchev–Trinajstić information content (AvgIpc) is 3.26. The van der Waals surface area contributed by atoms with Crippen molar-refractivity contribution < 1.29 is 9.21 Å². The lowest BCUT2D eigenvalue weighted by Crippen LogP contribution is -2.41. The van der Waals surface area contributed by atoms with Crippen LogP contribution in [0, 0.1) is 0 Å². The Morgan fingerprint density at radius 3 is 2.75 bits per heavy atom. The van der Waals surface area contributed by atoms with Crippen LogP contribution in [0.5, 0.6) is 0 Å². The van der Waals surface area contributed by atoms with Crippen molar-refractivity contribution in [1.29, 1.82) is 0 Å². The Hall–Kier alpha value is -2.64. The number of carbonyl (C=O) groups excluding carboxylic acids is 1. The molecule has 1 aliphatic heterocycles. The van der Waals surface area contributed by atoms with Crippen LogP contribution in [-0.4, -0.2) is 32.3 Å². The third-order valence-corrected chi connectivity index (χ3v) is 3.90. The molecule has 7 nitrogen and oxygen atoms in total. The zero-order valence-electron chi connectivity index (χ0n) is 13.7. The van der Waals surface area contributed by atoms with E-state index in [0.717, 1.165) is 17.0 Å². The predicted molar refractivity (Wildman–Crippen MR) is 92.6 cm³/mol. The number of furan rings is 1. The Bertz CT molecular complexity index is 694. The fraction of sp³-hybridized carbons (Fsp3) is 0.294. The van der Waals surface area contributed by atoms with Gasteiger partial charge in [-0.2, -0.15) is 5.10 Å². The monoisotopic (exact) mass is 327 g/mol. The highest BCUT2D eigenvalue weighted by molar-refractivity contribution is 5.85. The first-order valence-electron chi connectivity index (χ1n) is 7.78. The Balaban J connectivity index is 1.50. The maximum atomic E-state index is 12.1. The fourth-order valence-corrected chi connectivity index (χ4v) is 2.51. The van der Waals surface area contributed by atoms with Gasteiger partial charge in [-0.3, -0.25) is 4.79 Å². The van der Waals surface area contributed by atoms with E-state index in [0.29, 0.717) is 6.42 Å². The van der Waals surface area contributed by atoms with E-state index >= 15 is 0 Å². The van der Waals surface area contributed by atoms with E-state index in [4.69, 9.17) is 4.42 Å². The second kappa shape index (κ2) is 7.29. The summed E-state index contributed by atoms with van der Waals surface area (Å²) in [4.78, 5) is 14.2. The zero-order valence-corrected chi connectivity index (χ0v) is 13.7. The Morgan fingerprint density at radius 2 is 2.08 bits per heavy atom. The topological polar surface area (TPSA) is 81.9 Å². The molecule has 0 saturated carbocycles. The van der Waals surface area contributed by atoms with Crippen molar-refractivity contribution in [3.63, 3.8) is 0 Å². The van der Waals surface area contributed by atoms with E-state index in [1.54, 1.807) is 12.5 Å². The standard InChI is InChI=1S/C17H21N5O2/c1-22(2)13-7-5-12(6-8-13)11-18-21-17(23)15-10-14(19-20-15)16-4-3-9-24-16/h3-9,11,14-15,19-20H,10H2,1-2H3,(H,21,23)/b18-11+. The average molecular weight is 327 g/mol. The molecule has 3 N–H and O–H groups in total. The summed E-state index contributed by atoms with van der Waals surface area (Å²) in [6.07, 6.45) is 3.85. The summed E-state index contributed by atoms with van der Waals surface area (Å²) in [5, 5.41) is 4.02. The zero-order chi connectivity index (χ0) is 16.9. The number of hydrazone groups is 1. The van der Waals surface area contributed by atoms with Crippen LogP contribution >= 0.6 is 0 Å². The van der Waals surface area contributed by atoms with Gasteiger partial charge in [0.25, 0.3) is 5.91 Å². The van der Waals surface area contributed by atoms with E-state index in [9.17, 15) is 4.79 Å². The molecule has 24 heavy (non-hydrogen) atoms. The summed E-state index contributed by atoms with van der Waals surface area (Å²) in [6.45, 7) is 0. The molecule has 1 saturated heterocycles. The van der Waals surface area contributed by atoms with Gasteiger partial charge in [-0.15, -0.1) is 0 Å². The van der Waals surface area contributed by atoms with Crippen LogP contribution in [0.25, 0.3) is 0 Å². The van der Waals surface area contributed by atoms with Crippen molar-refractivity contribution in [3.8, 4) is 0 Å². The Labute approximate surface area is 140 Å². The normalized spacial score (nSPS) is 20.4. The van der Waals surface area contributed by atoms with Crippen molar-refractivity contribution in [3.05, 3.63) is 54.0 Å². The molecule has 1 amide bonds. The van der Waals surface area contributed by atoms with Crippen molar-refractivity contribution in [2.75, 3.05) is 19.0 Å². The Morgan fingerprint density at radius 1 is 1.29 bits per heavy atom. The molecule has 126 valence electrons. The first-order valence-corrected chi connectivity index (χ1v) is 7.78.